The summed E-state index contributed by atoms with van der Waals surface area (Å²) in [6, 6.07) is 0. The van der Waals surface area contributed by atoms with Crippen LogP contribution in [-0.2, 0) is 9.53 Å². The van der Waals surface area contributed by atoms with Crippen LogP contribution in [0.1, 0.15) is 26.7 Å². The zero-order chi connectivity index (χ0) is 12.6. The van der Waals surface area contributed by atoms with E-state index in [9.17, 15) is 4.79 Å². The van der Waals surface area contributed by atoms with Crippen molar-refractivity contribution in [3.8, 4) is 0 Å². The molecule has 0 aromatic rings. The Hall–Kier alpha value is -0.650. The first-order chi connectivity index (χ1) is 7.81. The molecule has 5 nitrogen and oxygen atoms in total. The monoisotopic (exact) mass is 234 g/mol. The minimum Gasteiger partial charge on any atom is -0.387 e. The van der Waals surface area contributed by atoms with Crippen molar-refractivity contribution < 1.29 is 14.6 Å². The Morgan fingerprint density at radius 2 is 1.75 bits per heavy atom. The maximum Gasteiger partial charge on any atom is 0.245 e. The molecule has 0 rings (SSSR count). The van der Waals surface area contributed by atoms with Crippen LogP contribution in [0.4, 0.5) is 0 Å². The number of hydrogen-bond acceptors (Lipinski definition) is 4. The minimum absolute atomic E-state index is 0.333. The molecule has 0 aromatic carbocycles. The fraction of sp³-hybridized carbons (Fsp3) is 0.909. The summed E-state index contributed by atoms with van der Waals surface area (Å²) in [6.07, 6.45) is 1.78. The van der Waals surface area contributed by atoms with Gasteiger partial charge in [-0.25, -0.2) is 0 Å². The highest BCUT2D eigenvalue weighted by Crippen LogP contribution is 1.84. The van der Waals surface area contributed by atoms with E-state index in [1.54, 1.807) is 0 Å². The van der Waals surface area contributed by atoms with E-state index < -0.39 is 6.61 Å². The maximum atomic E-state index is 10.6. The Morgan fingerprint density at radius 3 is 2.25 bits per heavy atom. The van der Waals surface area contributed by atoms with Gasteiger partial charge in [-0.05, 0) is 26.4 Å². The summed E-state index contributed by atoms with van der Waals surface area (Å²) in [5.74, 6) is -0.333. The molecule has 3 N–H and O–H groups in total. The number of carbonyl (C=O) groups excluding carboxylic acids is 1. The molecular formula is C11H26N2O3. The molecule has 0 aromatic heterocycles. The average Bonchev–Trinajstić information content (AvgIpc) is 2.34. The van der Waals surface area contributed by atoms with Gasteiger partial charge in [0.2, 0.25) is 5.91 Å². The number of aliphatic hydroxyl groups is 1. The van der Waals surface area contributed by atoms with E-state index in [4.69, 9.17) is 9.84 Å². The van der Waals surface area contributed by atoms with Gasteiger partial charge in [0, 0.05) is 19.8 Å². The van der Waals surface area contributed by atoms with Crippen LogP contribution in [0.25, 0.3) is 0 Å². The minimum atomic E-state index is -0.441. The summed E-state index contributed by atoms with van der Waals surface area (Å²) in [7, 11) is 1.91. The lowest BCUT2D eigenvalue weighted by Crippen LogP contribution is -2.27. The van der Waals surface area contributed by atoms with Crippen molar-refractivity contribution in [2.45, 2.75) is 26.7 Å². The van der Waals surface area contributed by atoms with Crippen molar-refractivity contribution in [2.24, 2.45) is 0 Å². The largest absolute Gasteiger partial charge is 0.387 e. The Bertz CT molecular complexity index is 143. The molecule has 0 aliphatic rings. The van der Waals surface area contributed by atoms with E-state index >= 15 is 0 Å². The van der Waals surface area contributed by atoms with E-state index in [1.165, 1.54) is 0 Å². The molecule has 0 aliphatic carbocycles. The number of hydrogen-bond donors (Lipinski definition) is 3. The predicted octanol–water partition coefficient (Wildman–Crippen LogP) is 0.137. The fourth-order valence-corrected chi connectivity index (χ4v) is 0.911. The first kappa shape index (κ1) is 17.7. The molecule has 0 heterocycles. The summed E-state index contributed by atoms with van der Waals surface area (Å²) in [5.41, 5.74) is 0. The number of rotatable bonds is 9. The van der Waals surface area contributed by atoms with Gasteiger partial charge in [0.25, 0.3) is 0 Å². The molecular weight excluding hydrogens is 208 g/mol. The Balaban J connectivity index is 0. The van der Waals surface area contributed by atoms with Crippen molar-refractivity contribution in [1.29, 1.82) is 0 Å². The lowest BCUT2D eigenvalue weighted by molar-refractivity contribution is -0.123. The lowest BCUT2D eigenvalue weighted by Gasteiger charge is -2.04. The van der Waals surface area contributed by atoms with E-state index in [0.717, 1.165) is 26.0 Å². The Morgan fingerprint density at radius 1 is 1.19 bits per heavy atom. The van der Waals surface area contributed by atoms with Gasteiger partial charge in [-0.15, -0.1) is 0 Å². The number of aliphatic hydroxyl groups excluding tert-OH is 1. The molecule has 16 heavy (non-hydrogen) atoms. The molecule has 5 heteroatoms. The van der Waals surface area contributed by atoms with E-state index in [1.807, 2.05) is 20.9 Å². The van der Waals surface area contributed by atoms with Crippen molar-refractivity contribution in [3.05, 3.63) is 0 Å². The molecule has 0 bridgehead atoms. The van der Waals surface area contributed by atoms with Crippen molar-refractivity contribution in [3.63, 3.8) is 0 Å². The SMILES string of the molecule is CC.CNCCCOCCCNC(=O)CO. The first-order valence-corrected chi connectivity index (χ1v) is 5.91. The Kier molecular flexibility index (Phi) is 18.6. The summed E-state index contributed by atoms with van der Waals surface area (Å²) < 4.78 is 5.30. The predicted molar refractivity (Wildman–Crippen MR) is 65.4 cm³/mol. The molecule has 0 unspecified atom stereocenters. The summed E-state index contributed by atoms with van der Waals surface area (Å²) in [6.45, 7) is 6.47. The molecule has 0 saturated carbocycles. The second-order valence-electron chi connectivity index (χ2n) is 2.93. The van der Waals surface area contributed by atoms with Crippen LogP contribution in [-0.4, -0.2) is 51.0 Å². The van der Waals surface area contributed by atoms with E-state index in [0.29, 0.717) is 13.2 Å². The van der Waals surface area contributed by atoms with Crippen molar-refractivity contribution >= 4 is 5.91 Å². The van der Waals surface area contributed by atoms with Crippen molar-refractivity contribution in [1.82, 2.24) is 10.6 Å². The van der Waals surface area contributed by atoms with Crippen LogP contribution in [0.5, 0.6) is 0 Å². The zero-order valence-corrected chi connectivity index (χ0v) is 10.7. The molecule has 0 fully saturated rings. The average molecular weight is 234 g/mol. The van der Waals surface area contributed by atoms with Gasteiger partial charge in [0.1, 0.15) is 6.61 Å². The topological polar surface area (TPSA) is 70.6 Å². The van der Waals surface area contributed by atoms with Crippen molar-refractivity contribution in [2.75, 3.05) is 40.0 Å². The van der Waals surface area contributed by atoms with Crippen LogP contribution in [0.3, 0.4) is 0 Å². The highest BCUT2D eigenvalue weighted by Gasteiger charge is 1.95. The summed E-state index contributed by atoms with van der Waals surface area (Å²) >= 11 is 0. The van der Waals surface area contributed by atoms with E-state index in [-0.39, 0.29) is 5.91 Å². The lowest BCUT2D eigenvalue weighted by atomic mass is 10.4. The van der Waals surface area contributed by atoms with Gasteiger partial charge >= 0.3 is 0 Å². The number of nitrogens with one attached hydrogen (secondary N) is 2. The molecule has 0 aliphatic heterocycles. The molecule has 0 saturated heterocycles. The van der Waals surface area contributed by atoms with Gasteiger partial charge in [0.15, 0.2) is 0 Å². The van der Waals surface area contributed by atoms with E-state index in [2.05, 4.69) is 10.6 Å². The normalized spacial score (nSPS) is 9.25. The quantitative estimate of drug-likeness (QED) is 0.496. The van der Waals surface area contributed by atoms with Gasteiger partial charge in [-0.3, -0.25) is 4.79 Å². The number of carbonyl (C=O) groups is 1. The van der Waals surface area contributed by atoms with Gasteiger partial charge in [-0.2, -0.15) is 0 Å². The third-order valence-corrected chi connectivity index (χ3v) is 1.65. The summed E-state index contributed by atoms with van der Waals surface area (Å²) in [4.78, 5) is 10.6. The second-order valence-corrected chi connectivity index (χ2v) is 2.93. The third kappa shape index (κ3) is 15.8. The molecule has 0 radical (unpaired) electrons. The van der Waals surface area contributed by atoms with Crippen LogP contribution in [0.2, 0.25) is 0 Å². The maximum absolute atomic E-state index is 10.6. The number of amides is 1. The summed E-state index contributed by atoms with van der Waals surface area (Å²) in [5, 5.41) is 14.0. The first-order valence-electron chi connectivity index (χ1n) is 5.91. The van der Waals surface area contributed by atoms with Crippen LogP contribution in [0, 0.1) is 0 Å². The highest BCUT2D eigenvalue weighted by molar-refractivity contribution is 5.76. The smallest absolute Gasteiger partial charge is 0.245 e. The van der Waals surface area contributed by atoms with Gasteiger partial charge in [-0.1, -0.05) is 13.8 Å². The number of ether oxygens (including phenoxy) is 1. The third-order valence-electron chi connectivity index (χ3n) is 1.65. The highest BCUT2D eigenvalue weighted by atomic mass is 16.5. The molecule has 1 amide bonds. The Labute approximate surface area is 98.6 Å². The standard InChI is InChI=1S/C9H20N2O3.C2H6/c1-10-4-2-6-14-7-3-5-11-9(13)8-12;1-2/h10,12H,2-8H2,1H3,(H,11,13);1-2H3. The zero-order valence-electron chi connectivity index (χ0n) is 10.7. The van der Waals surface area contributed by atoms with Crippen LogP contribution in [0.15, 0.2) is 0 Å². The van der Waals surface area contributed by atoms with Gasteiger partial charge < -0.3 is 20.5 Å². The second kappa shape index (κ2) is 16.8. The molecule has 98 valence electrons. The van der Waals surface area contributed by atoms with Gasteiger partial charge in [0.05, 0.1) is 0 Å². The molecule has 0 atom stereocenters. The van der Waals surface area contributed by atoms with Crippen LogP contribution >= 0.6 is 0 Å². The van der Waals surface area contributed by atoms with Crippen LogP contribution < -0.4 is 10.6 Å². The molecule has 0 spiro atoms. The fourth-order valence-electron chi connectivity index (χ4n) is 0.911.